The molecule has 1 aromatic carbocycles. The first-order chi connectivity index (χ1) is 11.7. The van der Waals surface area contributed by atoms with Gasteiger partial charge < -0.3 is 10.1 Å². The van der Waals surface area contributed by atoms with Crippen LogP contribution in [0.3, 0.4) is 0 Å². The zero-order valence-corrected chi connectivity index (χ0v) is 13.8. The maximum absolute atomic E-state index is 12.1. The number of benzene rings is 1. The highest BCUT2D eigenvalue weighted by Crippen LogP contribution is 2.17. The second-order valence-corrected chi connectivity index (χ2v) is 6.09. The minimum absolute atomic E-state index is 0.213. The number of ether oxygens (including phenoxy) is 1. The number of nitrogens with one attached hydrogen (secondary N) is 1. The van der Waals surface area contributed by atoms with Gasteiger partial charge in [0, 0.05) is 12.6 Å². The Bertz CT molecular complexity index is 735. The summed E-state index contributed by atoms with van der Waals surface area (Å²) in [6.45, 7) is 2.43. The lowest BCUT2D eigenvalue weighted by Gasteiger charge is -2.22. The van der Waals surface area contributed by atoms with Crippen molar-refractivity contribution in [2.75, 3.05) is 6.61 Å². The molecule has 7 heteroatoms. The van der Waals surface area contributed by atoms with Gasteiger partial charge in [0.05, 0.1) is 11.1 Å². The Hall–Kier alpha value is -2.44. The Kier molecular flexibility index (Phi) is 5.08. The lowest BCUT2D eigenvalue weighted by atomic mass is 9.95. The van der Waals surface area contributed by atoms with E-state index in [-0.39, 0.29) is 18.6 Å². The van der Waals surface area contributed by atoms with Crippen LogP contribution in [0.5, 0.6) is 0 Å². The Morgan fingerprint density at radius 3 is 2.83 bits per heavy atom. The van der Waals surface area contributed by atoms with Crippen molar-refractivity contribution in [2.24, 2.45) is 0 Å². The SMILES string of the molecule is CCn1nnc2cc(C(=O)OCC(=O)NC3CCCCC3)ccc21. The first-order valence-electron chi connectivity index (χ1n) is 8.47. The zero-order valence-electron chi connectivity index (χ0n) is 13.8. The predicted molar refractivity (Wildman–Crippen MR) is 88.5 cm³/mol. The summed E-state index contributed by atoms with van der Waals surface area (Å²) in [7, 11) is 0. The minimum Gasteiger partial charge on any atom is -0.452 e. The average molecular weight is 330 g/mol. The van der Waals surface area contributed by atoms with Crippen LogP contribution in [0.4, 0.5) is 0 Å². The molecule has 0 spiro atoms. The van der Waals surface area contributed by atoms with E-state index in [9.17, 15) is 9.59 Å². The van der Waals surface area contributed by atoms with Gasteiger partial charge in [-0.2, -0.15) is 0 Å². The van der Waals surface area contributed by atoms with Gasteiger partial charge in [0.2, 0.25) is 0 Å². The molecule has 1 aliphatic rings. The first kappa shape index (κ1) is 16.4. The van der Waals surface area contributed by atoms with Crippen molar-refractivity contribution in [3.63, 3.8) is 0 Å². The van der Waals surface area contributed by atoms with E-state index in [1.807, 2.05) is 6.92 Å². The molecule has 0 bridgehead atoms. The zero-order chi connectivity index (χ0) is 16.9. The summed E-state index contributed by atoms with van der Waals surface area (Å²) >= 11 is 0. The highest BCUT2D eigenvalue weighted by Gasteiger charge is 2.17. The van der Waals surface area contributed by atoms with Crippen molar-refractivity contribution in [3.8, 4) is 0 Å². The quantitative estimate of drug-likeness (QED) is 0.848. The van der Waals surface area contributed by atoms with Crippen LogP contribution in [0.2, 0.25) is 0 Å². The molecule has 1 fully saturated rings. The summed E-state index contributed by atoms with van der Waals surface area (Å²) in [5, 5.41) is 11.0. The van der Waals surface area contributed by atoms with Crippen LogP contribution in [-0.4, -0.2) is 39.5 Å². The fourth-order valence-corrected chi connectivity index (χ4v) is 3.06. The normalized spacial score (nSPS) is 15.4. The minimum atomic E-state index is -0.526. The van der Waals surface area contributed by atoms with Gasteiger partial charge in [-0.1, -0.05) is 24.5 Å². The van der Waals surface area contributed by atoms with Gasteiger partial charge in [-0.15, -0.1) is 5.10 Å². The summed E-state index contributed by atoms with van der Waals surface area (Å²) in [6, 6.07) is 5.30. The molecule has 1 aliphatic carbocycles. The highest BCUT2D eigenvalue weighted by molar-refractivity contribution is 5.94. The third kappa shape index (κ3) is 3.72. The molecule has 0 saturated heterocycles. The maximum Gasteiger partial charge on any atom is 0.338 e. The number of hydrogen-bond donors (Lipinski definition) is 1. The van der Waals surface area contributed by atoms with Gasteiger partial charge in [0.1, 0.15) is 5.52 Å². The van der Waals surface area contributed by atoms with Crippen LogP contribution < -0.4 is 5.32 Å². The fraction of sp³-hybridized carbons (Fsp3) is 0.529. The molecular weight excluding hydrogens is 308 g/mol. The molecule has 1 amide bonds. The third-order valence-corrected chi connectivity index (χ3v) is 4.35. The topological polar surface area (TPSA) is 86.1 Å². The number of aromatic nitrogens is 3. The standard InChI is InChI=1S/C17H22N4O3/c1-2-21-15-9-8-12(10-14(15)19-20-21)17(23)24-11-16(22)18-13-6-4-3-5-7-13/h8-10,13H,2-7,11H2,1H3,(H,18,22). The van der Waals surface area contributed by atoms with Gasteiger partial charge in [0.25, 0.3) is 5.91 Å². The summed E-state index contributed by atoms with van der Waals surface area (Å²) in [5.74, 6) is -0.769. The highest BCUT2D eigenvalue weighted by atomic mass is 16.5. The van der Waals surface area contributed by atoms with Gasteiger partial charge in [-0.25, -0.2) is 9.48 Å². The van der Waals surface area contributed by atoms with Gasteiger partial charge >= 0.3 is 5.97 Å². The van der Waals surface area contributed by atoms with Crippen molar-refractivity contribution < 1.29 is 14.3 Å². The molecule has 0 atom stereocenters. The predicted octanol–water partition coefficient (Wildman–Crippen LogP) is 2.06. The summed E-state index contributed by atoms with van der Waals surface area (Å²) < 4.78 is 6.86. The number of aryl methyl sites for hydroxylation is 1. The maximum atomic E-state index is 12.1. The number of rotatable bonds is 5. The molecule has 1 saturated carbocycles. The molecule has 1 N–H and O–H groups in total. The Labute approximate surface area is 140 Å². The summed E-state index contributed by atoms with van der Waals surface area (Å²) in [5.41, 5.74) is 1.87. The third-order valence-electron chi connectivity index (χ3n) is 4.35. The monoisotopic (exact) mass is 330 g/mol. The number of carbonyl (C=O) groups excluding carboxylic acids is 2. The largest absolute Gasteiger partial charge is 0.452 e. The van der Waals surface area contributed by atoms with Crippen LogP contribution in [0.15, 0.2) is 18.2 Å². The first-order valence-corrected chi connectivity index (χ1v) is 8.47. The van der Waals surface area contributed by atoms with Crippen molar-refractivity contribution in [1.29, 1.82) is 0 Å². The van der Waals surface area contributed by atoms with E-state index in [0.717, 1.165) is 31.2 Å². The van der Waals surface area contributed by atoms with Crippen molar-refractivity contribution in [1.82, 2.24) is 20.3 Å². The fourth-order valence-electron chi connectivity index (χ4n) is 3.06. The molecule has 1 aromatic heterocycles. The van der Waals surface area contributed by atoms with Gasteiger partial charge in [-0.3, -0.25) is 4.79 Å². The van der Waals surface area contributed by atoms with E-state index >= 15 is 0 Å². The second-order valence-electron chi connectivity index (χ2n) is 6.09. The van der Waals surface area contributed by atoms with Gasteiger partial charge in [0.15, 0.2) is 6.61 Å². The van der Waals surface area contributed by atoms with Crippen LogP contribution in [0.1, 0.15) is 49.4 Å². The molecule has 0 radical (unpaired) electrons. The van der Waals surface area contributed by atoms with Crippen LogP contribution >= 0.6 is 0 Å². The van der Waals surface area contributed by atoms with Crippen molar-refractivity contribution >= 4 is 22.9 Å². The van der Waals surface area contributed by atoms with E-state index in [1.165, 1.54) is 6.42 Å². The van der Waals surface area contributed by atoms with Crippen LogP contribution in [0, 0.1) is 0 Å². The van der Waals surface area contributed by atoms with Crippen molar-refractivity contribution in [2.45, 2.75) is 51.6 Å². The Morgan fingerprint density at radius 2 is 2.08 bits per heavy atom. The number of hydrogen-bond acceptors (Lipinski definition) is 5. The number of fused-ring (bicyclic) bond motifs is 1. The molecule has 128 valence electrons. The molecule has 0 unspecified atom stereocenters. The number of carbonyl (C=O) groups is 2. The van der Waals surface area contributed by atoms with E-state index in [1.54, 1.807) is 22.9 Å². The molecule has 0 aliphatic heterocycles. The Balaban J connectivity index is 1.55. The summed E-state index contributed by atoms with van der Waals surface area (Å²) in [6.07, 6.45) is 5.52. The molecule has 1 heterocycles. The molecule has 7 nitrogen and oxygen atoms in total. The van der Waals surface area contributed by atoms with E-state index in [4.69, 9.17) is 4.74 Å². The summed E-state index contributed by atoms with van der Waals surface area (Å²) in [4.78, 5) is 24.0. The van der Waals surface area contributed by atoms with E-state index < -0.39 is 5.97 Å². The molecular formula is C17H22N4O3. The number of esters is 1. The second kappa shape index (κ2) is 7.42. The molecule has 24 heavy (non-hydrogen) atoms. The van der Waals surface area contributed by atoms with Crippen LogP contribution in [-0.2, 0) is 16.1 Å². The van der Waals surface area contributed by atoms with E-state index in [0.29, 0.717) is 17.6 Å². The van der Waals surface area contributed by atoms with Gasteiger partial charge in [-0.05, 0) is 38.0 Å². The lowest BCUT2D eigenvalue weighted by Crippen LogP contribution is -2.38. The van der Waals surface area contributed by atoms with E-state index in [2.05, 4.69) is 15.6 Å². The number of amides is 1. The van der Waals surface area contributed by atoms with Crippen LogP contribution in [0.25, 0.3) is 11.0 Å². The van der Waals surface area contributed by atoms with Crippen molar-refractivity contribution in [3.05, 3.63) is 23.8 Å². The molecule has 3 rings (SSSR count). The average Bonchev–Trinajstić information content (AvgIpc) is 3.02. The molecule has 2 aromatic rings. The lowest BCUT2D eigenvalue weighted by molar-refractivity contribution is -0.125. The Morgan fingerprint density at radius 1 is 1.29 bits per heavy atom. The number of nitrogens with zero attached hydrogens (tertiary/aromatic N) is 3. The smallest absolute Gasteiger partial charge is 0.338 e.